The second-order valence-corrected chi connectivity index (χ2v) is 5.39. The lowest BCUT2D eigenvalue weighted by Gasteiger charge is -2.13. The zero-order valence-electron chi connectivity index (χ0n) is 11.1. The molecule has 20 heavy (non-hydrogen) atoms. The van der Waals surface area contributed by atoms with Gasteiger partial charge in [-0.15, -0.1) is 0 Å². The quantitative estimate of drug-likeness (QED) is 0.558. The number of halogens is 1. The van der Waals surface area contributed by atoms with Crippen LogP contribution >= 0.6 is 22.6 Å². The van der Waals surface area contributed by atoms with Gasteiger partial charge in [-0.05, 0) is 59.3 Å². The van der Waals surface area contributed by atoms with Gasteiger partial charge in [-0.2, -0.15) is 0 Å². The molecule has 4 heteroatoms. The molecule has 0 aliphatic heterocycles. The summed E-state index contributed by atoms with van der Waals surface area (Å²) >= 11 is 2.26. The Labute approximate surface area is 132 Å². The molecular formula is C16H15IO3. The van der Waals surface area contributed by atoms with Gasteiger partial charge in [0.1, 0.15) is 6.61 Å². The van der Waals surface area contributed by atoms with Crippen LogP contribution in [0, 0.1) is 3.57 Å². The number of rotatable bonds is 6. The number of hydrogen-bond acceptors (Lipinski definition) is 3. The fraction of sp³-hybridized carbons (Fsp3) is 0.188. The van der Waals surface area contributed by atoms with Crippen LogP contribution in [-0.4, -0.2) is 12.9 Å². The Balaban J connectivity index is 2.18. The lowest BCUT2D eigenvalue weighted by molar-refractivity contribution is 0.111. The third kappa shape index (κ3) is 3.72. The van der Waals surface area contributed by atoms with Crippen molar-refractivity contribution in [2.45, 2.75) is 13.5 Å². The third-order valence-electron chi connectivity index (χ3n) is 2.73. The first-order chi connectivity index (χ1) is 9.74. The molecule has 0 radical (unpaired) electrons. The highest BCUT2D eigenvalue weighted by atomic mass is 127. The summed E-state index contributed by atoms with van der Waals surface area (Å²) < 4.78 is 12.5. The molecule has 0 atom stereocenters. The first kappa shape index (κ1) is 14.8. The molecule has 2 aromatic carbocycles. The van der Waals surface area contributed by atoms with Crippen molar-refractivity contribution in [1.29, 1.82) is 0 Å². The molecule has 2 aromatic rings. The van der Waals surface area contributed by atoms with Crippen molar-refractivity contribution in [3.05, 3.63) is 57.2 Å². The van der Waals surface area contributed by atoms with E-state index in [0.717, 1.165) is 11.8 Å². The Bertz CT molecular complexity index is 579. The van der Waals surface area contributed by atoms with Crippen molar-refractivity contribution in [2.75, 3.05) is 6.61 Å². The number of hydrogen-bond donors (Lipinski definition) is 0. The van der Waals surface area contributed by atoms with Gasteiger partial charge in [0.25, 0.3) is 0 Å². The number of para-hydroxylation sites is 1. The number of benzene rings is 2. The zero-order valence-corrected chi connectivity index (χ0v) is 13.3. The number of carbonyl (C=O) groups is 1. The van der Waals surface area contributed by atoms with Gasteiger partial charge in [0.05, 0.1) is 12.2 Å². The second kappa shape index (κ2) is 7.28. The van der Waals surface area contributed by atoms with Gasteiger partial charge in [0.2, 0.25) is 0 Å². The molecular weight excluding hydrogens is 367 g/mol. The molecule has 0 fully saturated rings. The predicted molar refractivity (Wildman–Crippen MR) is 86.5 cm³/mol. The Kier molecular flexibility index (Phi) is 5.40. The predicted octanol–water partition coefficient (Wildman–Crippen LogP) is 4.08. The van der Waals surface area contributed by atoms with E-state index < -0.39 is 0 Å². The lowest BCUT2D eigenvalue weighted by Crippen LogP contribution is -2.02. The van der Waals surface area contributed by atoms with Crippen LogP contribution in [0.25, 0.3) is 0 Å². The minimum absolute atomic E-state index is 0.405. The van der Waals surface area contributed by atoms with Crippen molar-refractivity contribution in [1.82, 2.24) is 0 Å². The highest BCUT2D eigenvalue weighted by molar-refractivity contribution is 14.1. The molecule has 0 heterocycles. The maximum Gasteiger partial charge on any atom is 0.172 e. The first-order valence-corrected chi connectivity index (χ1v) is 7.40. The van der Waals surface area contributed by atoms with E-state index in [9.17, 15) is 4.79 Å². The minimum atomic E-state index is 0.405. The van der Waals surface area contributed by atoms with Crippen molar-refractivity contribution in [2.24, 2.45) is 0 Å². The SMILES string of the molecule is CCOc1cccc(C=O)c1OCc1ccc(I)cc1. The van der Waals surface area contributed by atoms with Gasteiger partial charge in [-0.25, -0.2) is 0 Å². The molecule has 0 saturated carbocycles. The number of ether oxygens (including phenoxy) is 2. The van der Waals surface area contributed by atoms with Gasteiger partial charge in [0, 0.05) is 3.57 Å². The zero-order chi connectivity index (χ0) is 14.4. The molecule has 0 aliphatic carbocycles. The Morgan fingerprint density at radius 3 is 2.50 bits per heavy atom. The molecule has 0 aromatic heterocycles. The number of aldehydes is 1. The second-order valence-electron chi connectivity index (χ2n) is 4.14. The molecule has 2 rings (SSSR count). The topological polar surface area (TPSA) is 35.5 Å². The molecule has 0 saturated heterocycles. The van der Waals surface area contributed by atoms with E-state index in [4.69, 9.17) is 9.47 Å². The summed E-state index contributed by atoms with van der Waals surface area (Å²) in [6.45, 7) is 2.83. The molecule has 0 amide bonds. The van der Waals surface area contributed by atoms with Crippen LogP contribution in [0.3, 0.4) is 0 Å². The maximum absolute atomic E-state index is 11.1. The van der Waals surface area contributed by atoms with Crippen molar-refractivity contribution < 1.29 is 14.3 Å². The van der Waals surface area contributed by atoms with Crippen LogP contribution in [-0.2, 0) is 6.61 Å². The fourth-order valence-electron chi connectivity index (χ4n) is 1.79. The average Bonchev–Trinajstić information content (AvgIpc) is 2.47. The number of carbonyl (C=O) groups excluding carboxylic acids is 1. The van der Waals surface area contributed by atoms with Crippen molar-refractivity contribution in [3.63, 3.8) is 0 Å². The summed E-state index contributed by atoms with van der Waals surface area (Å²) in [4.78, 5) is 11.1. The third-order valence-corrected chi connectivity index (χ3v) is 3.45. The van der Waals surface area contributed by atoms with Gasteiger partial charge in [-0.1, -0.05) is 18.2 Å². The normalized spacial score (nSPS) is 10.1. The van der Waals surface area contributed by atoms with Crippen LogP contribution in [0.5, 0.6) is 11.5 Å². The van der Waals surface area contributed by atoms with Crippen molar-refractivity contribution >= 4 is 28.9 Å². The van der Waals surface area contributed by atoms with E-state index in [1.807, 2.05) is 31.2 Å². The van der Waals surface area contributed by atoms with Gasteiger partial charge < -0.3 is 9.47 Å². The Morgan fingerprint density at radius 1 is 1.10 bits per heavy atom. The van der Waals surface area contributed by atoms with Crippen LogP contribution in [0.15, 0.2) is 42.5 Å². The highest BCUT2D eigenvalue weighted by Crippen LogP contribution is 2.31. The summed E-state index contributed by atoms with van der Waals surface area (Å²) in [5.74, 6) is 1.10. The van der Waals surface area contributed by atoms with E-state index in [-0.39, 0.29) is 0 Å². The summed E-state index contributed by atoms with van der Waals surface area (Å²) in [7, 11) is 0. The van der Waals surface area contributed by atoms with E-state index in [0.29, 0.717) is 30.3 Å². The molecule has 0 spiro atoms. The largest absolute Gasteiger partial charge is 0.490 e. The molecule has 0 bridgehead atoms. The highest BCUT2D eigenvalue weighted by Gasteiger charge is 2.10. The first-order valence-electron chi connectivity index (χ1n) is 6.33. The summed E-state index contributed by atoms with van der Waals surface area (Å²) in [5, 5.41) is 0. The van der Waals surface area contributed by atoms with Crippen LogP contribution in [0.4, 0.5) is 0 Å². The maximum atomic E-state index is 11.1. The summed E-state index contributed by atoms with van der Waals surface area (Å²) in [5.41, 5.74) is 1.55. The van der Waals surface area contributed by atoms with E-state index in [1.165, 1.54) is 3.57 Å². The molecule has 0 N–H and O–H groups in total. The molecule has 3 nitrogen and oxygen atoms in total. The van der Waals surface area contributed by atoms with Crippen LogP contribution in [0.2, 0.25) is 0 Å². The average molecular weight is 382 g/mol. The van der Waals surface area contributed by atoms with Crippen LogP contribution < -0.4 is 9.47 Å². The van der Waals surface area contributed by atoms with Gasteiger partial charge in [-0.3, -0.25) is 4.79 Å². The van der Waals surface area contributed by atoms with E-state index in [1.54, 1.807) is 18.2 Å². The van der Waals surface area contributed by atoms with Crippen molar-refractivity contribution in [3.8, 4) is 11.5 Å². The van der Waals surface area contributed by atoms with Gasteiger partial charge in [0.15, 0.2) is 17.8 Å². The van der Waals surface area contributed by atoms with Crippen LogP contribution in [0.1, 0.15) is 22.8 Å². The minimum Gasteiger partial charge on any atom is -0.490 e. The summed E-state index contributed by atoms with van der Waals surface area (Å²) in [6.07, 6.45) is 0.784. The standard InChI is InChI=1S/C16H15IO3/c1-2-19-15-5-3-4-13(10-18)16(15)20-11-12-6-8-14(17)9-7-12/h3-10H,2,11H2,1H3. The van der Waals surface area contributed by atoms with Gasteiger partial charge >= 0.3 is 0 Å². The smallest absolute Gasteiger partial charge is 0.172 e. The van der Waals surface area contributed by atoms with E-state index in [2.05, 4.69) is 22.6 Å². The molecule has 0 unspecified atom stereocenters. The van der Waals surface area contributed by atoms with E-state index >= 15 is 0 Å². The monoisotopic (exact) mass is 382 g/mol. The molecule has 0 aliphatic rings. The Hall–Kier alpha value is -1.56. The Morgan fingerprint density at radius 2 is 1.85 bits per heavy atom. The lowest BCUT2D eigenvalue weighted by atomic mass is 10.2. The fourth-order valence-corrected chi connectivity index (χ4v) is 2.14. The summed E-state index contributed by atoms with van der Waals surface area (Å²) in [6, 6.07) is 13.4. The molecule has 104 valence electrons.